The molecule has 1 rings (SSSR count). The Bertz CT molecular complexity index is 266. The second kappa shape index (κ2) is 3.95. The number of halogens is 1. The van der Waals surface area contributed by atoms with Crippen LogP contribution in [0.2, 0.25) is 5.02 Å². The van der Waals surface area contributed by atoms with E-state index in [-0.39, 0.29) is 0 Å². The first-order chi connectivity index (χ1) is 5.66. The average molecular weight is 182 g/mol. The van der Waals surface area contributed by atoms with E-state index in [9.17, 15) is 0 Å². The second-order valence-electron chi connectivity index (χ2n) is 3.08. The fourth-order valence-corrected chi connectivity index (χ4v) is 1.49. The quantitative estimate of drug-likeness (QED) is 0.648. The van der Waals surface area contributed by atoms with Gasteiger partial charge in [-0.1, -0.05) is 36.7 Å². The molecule has 1 heteroatoms. The van der Waals surface area contributed by atoms with Crippen molar-refractivity contribution in [3.8, 4) is 0 Å². The summed E-state index contributed by atoms with van der Waals surface area (Å²) in [6.07, 6.45) is 1.03. The molecule has 1 aromatic carbocycles. The lowest BCUT2D eigenvalue weighted by atomic mass is 9.97. The number of hydrogen-bond acceptors (Lipinski definition) is 0. The van der Waals surface area contributed by atoms with Gasteiger partial charge in [0.2, 0.25) is 0 Å². The Balaban J connectivity index is 3.07. The van der Waals surface area contributed by atoms with Crippen LogP contribution in [0, 0.1) is 13.8 Å². The lowest BCUT2D eigenvalue weighted by Gasteiger charge is -2.12. The predicted molar refractivity (Wildman–Crippen MR) is 54.6 cm³/mol. The van der Waals surface area contributed by atoms with Crippen LogP contribution in [0.1, 0.15) is 30.4 Å². The molecule has 12 heavy (non-hydrogen) atoms. The van der Waals surface area contributed by atoms with E-state index in [2.05, 4.69) is 19.9 Å². The summed E-state index contributed by atoms with van der Waals surface area (Å²) in [4.78, 5) is 0. The van der Waals surface area contributed by atoms with Crippen molar-refractivity contribution in [3.63, 3.8) is 0 Å². The van der Waals surface area contributed by atoms with Gasteiger partial charge in [-0.25, -0.2) is 0 Å². The Morgan fingerprint density at radius 1 is 1.50 bits per heavy atom. The van der Waals surface area contributed by atoms with Gasteiger partial charge in [0.1, 0.15) is 0 Å². The maximum absolute atomic E-state index is 6.13. The molecule has 0 N–H and O–H groups in total. The molecular formula is C11H14Cl. The maximum atomic E-state index is 6.13. The van der Waals surface area contributed by atoms with E-state index in [0.29, 0.717) is 5.92 Å². The van der Waals surface area contributed by atoms with E-state index >= 15 is 0 Å². The van der Waals surface area contributed by atoms with Crippen LogP contribution in [0.15, 0.2) is 18.2 Å². The Hall–Kier alpha value is -0.490. The highest BCUT2D eigenvalue weighted by Gasteiger charge is 2.08. The summed E-state index contributed by atoms with van der Waals surface area (Å²) >= 11 is 6.13. The van der Waals surface area contributed by atoms with E-state index in [1.807, 2.05) is 19.1 Å². The minimum absolute atomic E-state index is 0.317. The Kier molecular flexibility index (Phi) is 3.16. The summed E-state index contributed by atoms with van der Waals surface area (Å²) < 4.78 is 0. The lowest BCUT2D eigenvalue weighted by Crippen LogP contribution is -1.93. The van der Waals surface area contributed by atoms with Crippen LogP contribution in [0.4, 0.5) is 0 Å². The average Bonchev–Trinajstić information content (AvgIpc) is 2.08. The highest BCUT2D eigenvalue weighted by Crippen LogP contribution is 2.28. The van der Waals surface area contributed by atoms with Gasteiger partial charge in [0.05, 0.1) is 0 Å². The number of rotatable bonds is 2. The molecule has 1 unspecified atom stereocenters. The first-order valence-corrected chi connectivity index (χ1v) is 4.62. The van der Waals surface area contributed by atoms with Crippen molar-refractivity contribution in [2.75, 3.05) is 0 Å². The standard InChI is InChI=1S/C11H14Cl/c1-4-8(2)10-7-5-6-9(3)11(10)12/h5-8H,2,4H2,1,3H3. The molecule has 0 nitrogen and oxygen atoms in total. The first-order valence-electron chi connectivity index (χ1n) is 4.25. The fraction of sp³-hybridized carbons (Fsp3) is 0.364. The third kappa shape index (κ3) is 1.81. The Morgan fingerprint density at radius 2 is 2.17 bits per heavy atom. The zero-order valence-corrected chi connectivity index (χ0v) is 8.36. The predicted octanol–water partition coefficient (Wildman–Crippen LogP) is 3.98. The molecule has 0 aromatic heterocycles. The van der Waals surface area contributed by atoms with Crippen molar-refractivity contribution in [2.24, 2.45) is 0 Å². The van der Waals surface area contributed by atoms with Crippen molar-refractivity contribution in [3.05, 3.63) is 41.3 Å². The molecule has 1 aromatic rings. The second-order valence-corrected chi connectivity index (χ2v) is 3.46. The van der Waals surface area contributed by atoms with Crippen molar-refractivity contribution in [1.29, 1.82) is 0 Å². The molecule has 0 saturated carbocycles. The largest absolute Gasteiger partial charge is 0.0837 e. The van der Waals surface area contributed by atoms with Crippen LogP contribution in [-0.4, -0.2) is 0 Å². The van der Waals surface area contributed by atoms with Gasteiger partial charge in [-0.2, -0.15) is 0 Å². The monoisotopic (exact) mass is 181 g/mol. The number of benzene rings is 1. The molecule has 1 atom stereocenters. The van der Waals surface area contributed by atoms with Crippen LogP contribution >= 0.6 is 11.6 Å². The molecule has 0 spiro atoms. The fourth-order valence-electron chi connectivity index (χ4n) is 1.21. The van der Waals surface area contributed by atoms with Gasteiger partial charge < -0.3 is 0 Å². The summed E-state index contributed by atoms with van der Waals surface area (Å²) in [5, 5.41) is 0.874. The van der Waals surface area contributed by atoms with E-state index in [1.165, 1.54) is 5.56 Å². The number of hydrogen-bond donors (Lipinski definition) is 0. The van der Waals surface area contributed by atoms with Gasteiger partial charge in [0.25, 0.3) is 0 Å². The summed E-state index contributed by atoms with van der Waals surface area (Å²) in [5.41, 5.74) is 2.30. The molecule has 1 radical (unpaired) electrons. The van der Waals surface area contributed by atoms with E-state index in [0.717, 1.165) is 17.0 Å². The van der Waals surface area contributed by atoms with Gasteiger partial charge in [0.15, 0.2) is 0 Å². The molecular weight excluding hydrogens is 168 g/mol. The normalized spacial score (nSPS) is 13.0. The molecule has 0 bridgehead atoms. The minimum atomic E-state index is 0.317. The molecule has 0 aliphatic carbocycles. The van der Waals surface area contributed by atoms with E-state index in [4.69, 9.17) is 11.6 Å². The zero-order chi connectivity index (χ0) is 9.14. The lowest BCUT2D eigenvalue weighted by molar-refractivity contribution is 0.801. The van der Waals surface area contributed by atoms with Gasteiger partial charge in [-0.05, 0) is 37.3 Å². The molecule has 65 valence electrons. The summed E-state index contributed by atoms with van der Waals surface area (Å²) in [7, 11) is 0. The van der Waals surface area contributed by atoms with Crippen LogP contribution in [0.25, 0.3) is 0 Å². The van der Waals surface area contributed by atoms with Crippen LogP contribution in [0.5, 0.6) is 0 Å². The van der Waals surface area contributed by atoms with E-state index in [1.54, 1.807) is 0 Å². The Morgan fingerprint density at radius 3 is 2.75 bits per heavy atom. The van der Waals surface area contributed by atoms with Gasteiger partial charge in [0, 0.05) is 5.02 Å². The van der Waals surface area contributed by atoms with Crippen molar-refractivity contribution in [1.82, 2.24) is 0 Å². The zero-order valence-electron chi connectivity index (χ0n) is 7.60. The SMILES string of the molecule is [CH2]C(CC)c1cccc(C)c1Cl. The third-order valence-corrected chi connectivity index (χ3v) is 2.67. The van der Waals surface area contributed by atoms with Crippen molar-refractivity contribution in [2.45, 2.75) is 26.2 Å². The summed E-state index contributed by atoms with van der Waals surface area (Å²) in [6, 6.07) is 6.11. The molecule has 0 fully saturated rings. The minimum Gasteiger partial charge on any atom is -0.0837 e. The van der Waals surface area contributed by atoms with E-state index < -0.39 is 0 Å². The highest BCUT2D eigenvalue weighted by molar-refractivity contribution is 6.32. The molecule has 0 saturated heterocycles. The topological polar surface area (TPSA) is 0 Å². The van der Waals surface area contributed by atoms with Crippen molar-refractivity contribution < 1.29 is 0 Å². The molecule has 0 aliphatic rings. The third-order valence-electron chi connectivity index (χ3n) is 2.15. The van der Waals surface area contributed by atoms with Crippen LogP contribution < -0.4 is 0 Å². The molecule has 0 aliphatic heterocycles. The van der Waals surface area contributed by atoms with Crippen LogP contribution in [0.3, 0.4) is 0 Å². The van der Waals surface area contributed by atoms with Gasteiger partial charge in [-0.3, -0.25) is 0 Å². The van der Waals surface area contributed by atoms with Crippen LogP contribution in [-0.2, 0) is 0 Å². The van der Waals surface area contributed by atoms with Crippen molar-refractivity contribution >= 4 is 11.6 Å². The highest BCUT2D eigenvalue weighted by atomic mass is 35.5. The molecule has 0 amide bonds. The van der Waals surface area contributed by atoms with Gasteiger partial charge in [-0.15, -0.1) is 0 Å². The smallest absolute Gasteiger partial charge is 0.0469 e. The Labute approximate surface area is 79.6 Å². The van der Waals surface area contributed by atoms with Gasteiger partial charge >= 0.3 is 0 Å². The number of aryl methyl sites for hydroxylation is 1. The first kappa shape index (κ1) is 9.60. The molecule has 0 heterocycles. The summed E-state index contributed by atoms with van der Waals surface area (Å²) in [5.74, 6) is 0.317. The maximum Gasteiger partial charge on any atom is 0.0469 e. The summed E-state index contributed by atoms with van der Waals surface area (Å²) in [6.45, 7) is 8.19.